The normalized spacial score (nSPS) is 10.5. The van der Waals surface area contributed by atoms with Gasteiger partial charge in [0, 0.05) is 6.07 Å². The van der Waals surface area contributed by atoms with E-state index in [1.54, 1.807) is 17.5 Å². The summed E-state index contributed by atoms with van der Waals surface area (Å²) in [6.45, 7) is -0.210. The molecule has 0 saturated carbocycles. The van der Waals surface area contributed by atoms with E-state index in [2.05, 4.69) is 15.8 Å². The van der Waals surface area contributed by atoms with E-state index < -0.39 is 10.8 Å². The summed E-state index contributed by atoms with van der Waals surface area (Å²) in [4.78, 5) is 34.1. The lowest BCUT2D eigenvalue weighted by Crippen LogP contribution is -2.34. The van der Waals surface area contributed by atoms with Gasteiger partial charge in [0.05, 0.1) is 27.4 Å². The van der Waals surface area contributed by atoms with Crippen molar-refractivity contribution in [3.63, 3.8) is 0 Å². The van der Waals surface area contributed by atoms with Gasteiger partial charge in [-0.2, -0.15) is 5.10 Å². The lowest BCUT2D eigenvalue weighted by atomic mass is 10.4. The van der Waals surface area contributed by atoms with Crippen LogP contribution in [0, 0.1) is 10.1 Å². The fourth-order valence-corrected chi connectivity index (χ4v) is 2.71. The highest BCUT2D eigenvalue weighted by atomic mass is 32.1. The molecule has 0 aliphatic carbocycles. The second-order valence-corrected chi connectivity index (χ2v) is 5.93. The molecule has 0 aromatic carbocycles. The molecule has 0 spiro atoms. The Bertz CT molecular complexity index is 709. The van der Waals surface area contributed by atoms with Crippen LogP contribution in [0.5, 0.6) is 0 Å². The minimum atomic E-state index is -0.499. The molecule has 0 atom stereocenters. The molecule has 0 aliphatic rings. The van der Waals surface area contributed by atoms with E-state index in [1.165, 1.54) is 29.7 Å². The molecule has 0 unspecified atom stereocenters. The smallest absolute Gasteiger partial charge is 0.324 e. The van der Waals surface area contributed by atoms with Crippen molar-refractivity contribution in [2.45, 2.75) is 0 Å². The van der Waals surface area contributed by atoms with E-state index in [4.69, 9.17) is 0 Å². The van der Waals surface area contributed by atoms with E-state index in [0.29, 0.717) is 9.75 Å². The van der Waals surface area contributed by atoms with Gasteiger partial charge in [-0.1, -0.05) is 17.4 Å². The third kappa shape index (κ3) is 4.46. The second kappa shape index (κ2) is 7.43. The Balaban J connectivity index is 1.76. The maximum absolute atomic E-state index is 11.6. The van der Waals surface area contributed by atoms with E-state index in [-0.39, 0.29) is 17.5 Å². The number of nitro groups is 1. The summed E-state index contributed by atoms with van der Waals surface area (Å²) in [6.07, 6.45) is 1.30. The fourth-order valence-electron chi connectivity index (χ4n) is 1.37. The zero-order chi connectivity index (χ0) is 15.9. The molecule has 2 heterocycles. The van der Waals surface area contributed by atoms with Crippen molar-refractivity contribution in [1.82, 2.24) is 10.7 Å². The Morgan fingerprint density at radius 3 is 2.82 bits per heavy atom. The largest absolute Gasteiger partial charge is 0.342 e. The van der Waals surface area contributed by atoms with Crippen molar-refractivity contribution in [1.29, 1.82) is 0 Å². The summed E-state index contributed by atoms with van der Waals surface area (Å²) in [5, 5.41) is 18.4. The van der Waals surface area contributed by atoms with Gasteiger partial charge in [0.15, 0.2) is 0 Å². The molecule has 8 nitrogen and oxygen atoms in total. The van der Waals surface area contributed by atoms with Crippen LogP contribution in [0.25, 0.3) is 0 Å². The standard InChI is InChI=1S/C12H10N4O4S2/c17-10(7-13-12(18)9-2-1-5-21-9)15-14-6-8-3-4-11(22-8)16(19)20/h1-6H,7H2,(H,13,18)(H,15,17). The summed E-state index contributed by atoms with van der Waals surface area (Å²) in [5.41, 5.74) is 2.23. The van der Waals surface area contributed by atoms with Crippen molar-refractivity contribution >= 4 is 45.7 Å². The lowest BCUT2D eigenvalue weighted by molar-refractivity contribution is -0.380. The molecule has 114 valence electrons. The lowest BCUT2D eigenvalue weighted by Gasteiger charge is -2.01. The average molecular weight is 338 g/mol. The van der Waals surface area contributed by atoms with Crippen LogP contribution < -0.4 is 10.7 Å². The number of hydrogen-bond acceptors (Lipinski definition) is 7. The molecule has 0 aliphatic heterocycles. The van der Waals surface area contributed by atoms with Gasteiger partial charge in [-0.25, -0.2) is 5.43 Å². The van der Waals surface area contributed by atoms with Gasteiger partial charge < -0.3 is 5.32 Å². The van der Waals surface area contributed by atoms with Crippen LogP contribution in [0.3, 0.4) is 0 Å². The first-order chi connectivity index (χ1) is 10.6. The molecule has 2 N–H and O–H groups in total. The highest BCUT2D eigenvalue weighted by Gasteiger charge is 2.09. The van der Waals surface area contributed by atoms with Crippen molar-refractivity contribution in [2.75, 3.05) is 6.54 Å². The minimum absolute atomic E-state index is 0.00372. The molecular weight excluding hydrogens is 328 g/mol. The summed E-state index contributed by atoms with van der Waals surface area (Å²) >= 11 is 2.22. The Morgan fingerprint density at radius 1 is 1.36 bits per heavy atom. The molecule has 2 aromatic heterocycles. The first-order valence-electron chi connectivity index (χ1n) is 5.94. The molecular formula is C12H10N4O4S2. The number of amides is 2. The molecule has 0 bridgehead atoms. The number of carbonyl (C=O) groups excluding carboxylic acids is 2. The maximum Gasteiger partial charge on any atom is 0.324 e. The van der Waals surface area contributed by atoms with Gasteiger partial charge in [-0.05, 0) is 17.5 Å². The molecule has 2 rings (SSSR count). The van der Waals surface area contributed by atoms with Gasteiger partial charge in [-0.3, -0.25) is 19.7 Å². The van der Waals surface area contributed by atoms with Gasteiger partial charge >= 0.3 is 5.00 Å². The SMILES string of the molecule is O=C(CNC(=O)c1cccs1)NN=Cc1ccc([N+](=O)[O-])s1. The van der Waals surface area contributed by atoms with Crippen LogP contribution in [0.4, 0.5) is 5.00 Å². The van der Waals surface area contributed by atoms with Gasteiger partial charge in [0.2, 0.25) is 0 Å². The number of hydrogen-bond donors (Lipinski definition) is 2. The highest BCUT2D eigenvalue weighted by Crippen LogP contribution is 2.22. The molecule has 10 heteroatoms. The molecule has 22 heavy (non-hydrogen) atoms. The molecule has 0 radical (unpaired) electrons. The van der Waals surface area contributed by atoms with Crippen LogP contribution in [0.1, 0.15) is 14.5 Å². The van der Waals surface area contributed by atoms with E-state index in [1.807, 2.05) is 0 Å². The van der Waals surface area contributed by atoms with Crippen LogP contribution >= 0.6 is 22.7 Å². The van der Waals surface area contributed by atoms with Gasteiger partial charge in [0.1, 0.15) is 0 Å². The number of hydrazone groups is 1. The first kappa shape index (κ1) is 15.8. The highest BCUT2D eigenvalue weighted by molar-refractivity contribution is 7.16. The van der Waals surface area contributed by atoms with E-state index in [0.717, 1.165) is 11.3 Å². The van der Waals surface area contributed by atoms with Crippen LogP contribution in [-0.4, -0.2) is 29.5 Å². The summed E-state index contributed by atoms with van der Waals surface area (Å²) in [6, 6.07) is 6.27. The molecule has 2 aromatic rings. The zero-order valence-corrected chi connectivity index (χ0v) is 12.6. The van der Waals surface area contributed by atoms with E-state index in [9.17, 15) is 19.7 Å². The van der Waals surface area contributed by atoms with Crippen molar-refractivity contribution < 1.29 is 14.5 Å². The van der Waals surface area contributed by atoms with Crippen LogP contribution in [-0.2, 0) is 4.79 Å². The third-order valence-corrected chi connectivity index (χ3v) is 4.17. The number of rotatable bonds is 6. The summed E-state index contributed by atoms with van der Waals surface area (Å²) < 4.78 is 0. The Labute approximate surface area is 132 Å². The van der Waals surface area contributed by atoms with Gasteiger partial charge in [-0.15, -0.1) is 11.3 Å². The Hall–Kier alpha value is -2.59. The topological polar surface area (TPSA) is 114 Å². The second-order valence-electron chi connectivity index (χ2n) is 3.89. The Morgan fingerprint density at radius 2 is 2.18 bits per heavy atom. The molecule has 2 amide bonds. The van der Waals surface area contributed by atoms with Crippen molar-refractivity contribution in [3.05, 3.63) is 49.5 Å². The fraction of sp³-hybridized carbons (Fsp3) is 0.0833. The number of carbonyl (C=O) groups is 2. The van der Waals surface area contributed by atoms with Crippen molar-refractivity contribution in [3.8, 4) is 0 Å². The predicted octanol–water partition coefficient (Wildman–Crippen LogP) is 1.60. The van der Waals surface area contributed by atoms with E-state index >= 15 is 0 Å². The summed E-state index contributed by atoms with van der Waals surface area (Å²) in [7, 11) is 0. The number of nitrogens with one attached hydrogen (secondary N) is 2. The third-order valence-electron chi connectivity index (χ3n) is 2.33. The predicted molar refractivity (Wildman–Crippen MR) is 83.4 cm³/mol. The monoisotopic (exact) mass is 338 g/mol. The maximum atomic E-state index is 11.6. The summed E-state index contributed by atoms with van der Waals surface area (Å²) in [5.74, 6) is -0.824. The Kier molecular flexibility index (Phi) is 5.33. The zero-order valence-electron chi connectivity index (χ0n) is 11.0. The van der Waals surface area contributed by atoms with Gasteiger partial charge in [0.25, 0.3) is 11.8 Å². The molecule has 0 fully saturated rings. The van der Waals surface area contributed by atoms with Crippen molar-refractivity contribution in [2.24, 2.45) is 5.10 Å². The average Bonchev–Trinajstić information content (AvgIpc) is 3.16. The first-order valence-corrected chi connectivity index (χ1v) is 7.63. The number of nitrogens with zero attached hydrogens (tertiary/aromatic N) is 2. The van der Waals surface area contributed by atoms with Crippen LogP contribution in [0.2, 0.25) is 0 Å². The molecule has 0 saturated heterocycles. The quantitative estimate of drug-likeness (QED) is 0.473. The minimum Gasteiger partial charge on any atom is -0.342 e. The number of thiophene rings is 2. The van der Waals surface area contributed by atoms with Crippen LogP contribution in [0.15, 0.2) is 34.7 Å².